The number of carbonyl (C=O) groups is 2. The summed E-state index contributed by atoms with van der Waals surface area (Å²) in [4.78, 5) is 36.9. The van der Waals surface area contributed by atoms with Gasteiger partial charge in [-0.3, -0.25) is 9.59 Å². The maximum absolute atomic E-state index is 13.3. The van der Waals surface area contributed by atoms with Crippen LogP contribution < -0.4 is 10.6 Å². The van der Waals surface area contributed by atoms with Crippen molar-refractivity contribution in [3.63, 3.8) is 0 Å². The third-order valence-electron chi connectivity index (χ3n) is 7.90. The molecule has 3 aliphatic rings. The third-order valence-corrected chi connectivity index (χ3v) is 8.17. The molecule has 0 saturated carbocycles. The number of aromatic nitrogens is 2. The minimum Gasteiger partial charge on any atom is -0.394 e. The van der Waals surface area contributed by atoms with E-state index in [-0.39, 0.29) is 31.0 Å². The largest absolute Gasteiger partial charge is 0.394 e. The molecule has 39 heavy (non-hydrogen) atoms. The van der Waals surface area contributed by atoms with E-state index in [1.807, 2.05) is 36.4 Å². The molecule has 1 fully saturated rings. The highest BCUT2D eigenvalue weighted by molar-refractivity contribution is 6.33. The molecular formula is C29H30ClN5O4. The van der Waals surface area contributed by atoms with Gasteiger partial charge in [-0.2, -0.15) is 0 Å². The number of benzene rings is 2. The van der Waals surface area contributed by atoms with Gasteiger partial charge in [0.2, 0.25) is 11.9 Å². The standard InChI is InChI=1S/C29H30ClN5O4/c30-24-14-31-28(32-21-8-11-39-12-9-21)33-26(24)19-5-6-20-15-35(27(38)22(20)13-19)16-25(37)34-29(17-36)10-7-18-3-1-2-4-23(18)29/h1-6,13-14,21,36H,7-12,15-17H2,(H,34,37)(H,31,32,33). The Morgan fingerprint density at radius 1 is 1.18 bits per heavy atom. The highest BCUT2D eigenvalue weighted by Gasteiger charge is 2.40. The van der Waals surface area contributed by atoms with E-state index in [1.165, 1.54) is 4.90 Å². The van der Waals surface area contributed by atoms with Crippen molar-refractivity contribution in [3.05, 3.63) is 75.9 Å². The number of rotatable bonds is 7. The average molecular weight is 548 g/mol. The van der Waals surface area contributed by atoms with Gasteiger partial charge in [-0.15, -0.1) is 0 Å². The van der Waals surface area contributed by atoms with Crippen LogP contribution >= 0.6 is 11.6 Å². The summed E-state index contributed by atoms with van der Waals surface area (Å²) in [7, 11) is 0. The second-order valence-corrected chi connectivity index (χ2v) is 10.8. The first-order valence-electron chi connectivity index (χ1n) is 13.3. The van der Waals surface area contributed by atoms with Gasteiger partial charge >= 0.3 is 0 Å². The van der Waals surface area contributed by atoms with Crippen LogP contribution in [0.1, 0.15) is 46.3 Å². The van der Waals surface area contributed by atoms with Gasteiger partial charge < -0.3 is 25.4 Å². The van der Waals surface area contributed by atoms with Crippen LogP contribution in [-0.2, 0) is 28.0 Å². The van der Waals surface area contributed by atoms with Crippen molar-refractivity contribution in [2.24, 2.45) is 0 Å². The van der Waals surface area contributed by atoms with Crippen molar-refractivity contribution < 1.29 is 19.4 Å². The second kappa shape index (κ2) is 10.6. The Morgan fingerprint density at radius 2 is 2.00 bits per heavy atom. The van der Waals surface area contributed by atoms with Crippen LogP contribution in [0.15, 0.2) is 48.7 Å². The van der Waals surface area contributed by atoms with Crippen LogP contribution in [0.4, 0.5) is 5.95 Å². The van der Waals surface area contributed by atoms with Crippen molar-refractivity contribution in [1.29, 1.82) is 0 Å². The number of hydrogen-bond acceptors (Lipinski definition) is 7. The fourth-order valence-corrected chi connectivity index (χ4v) is 6.00. The minimum atomic E-state index is -0.823. The van der Waals surface area contributed by atoms with Gasteiger partial charge in [0.25, 0.3) is 5.91 Å². The quantitative estimate of drug-likeness (QED) is 0.415. The van der Waals surface area contributed by atoms with Gasteiger partial charge in [-0.25, -0.2) is 9.97 Å². The summed E-state index contributed by atoms with van der Waals surface area (Å²) < 4.78 is 5.42. The topological polar surface area (TPSA) is 117 Å². The highest BCUT2D eigenvalue weighted by atomic mass is 35.5. The number of hydrogen-bond donors (Lipinski definition) is 3. The monoisotopic (exact) mass is 547 g/mol. The Hall–Kier alpha value is -3.53. The lowest BCUT2D eigenvalue weighted by Gasteiger charge is -2.30. The number of aryl methyl sites for hydroxylation is 1. The molecule has 2 aromatic carbocycles. The molecule has 3 aromatic rings. The fourth-order valence-electron chi connectivity index (χ4n) is 5.80. The van der Waals surface area contributed by atoms with Crippen molar-refractivity contribution in [3.8, 4) is 11.3 Å². The summed E-state index contributed by atoms with van der Waals surface area (Å²) in [6.07, 6.45) is 4.73. The van der Waals surface area contributed by atoms with Crippen molar-refractivity contribution in [2.75, 3.05) is 31.7 Å². The predicted octanol–water partition coefficient (Wildman–Crippen LogP) is 3.29. The first-order valence-corrected chi connectivity index (χ1v) is 13.6. The zero-order chi connectivity index (χ0) is 27.0. The molecule has 3 heterocycles. The van der Waals surface area contributed by atoms with Gasteiger partial charge in [0.05, 0.1) is 29.1 Å². The summed E-state index contributed by atoms with van der Waals surface area (Å²) in [6, 6.07) is 13.6. The molecule has 0 spiro atoms. The third kappa shape index (κ3) is 4.97. The molecule has 202 valence electrons. The van der Waals surface area contributed by atoms with Crippen molar-refractivity contribution >= 4 is 29.4 Å². The Kier molecular flexibility index (Phi) is 6.97. The zero-order valence-electron chi connectivity index (χ0n) is 21.5. The molecule has 1 atom stereocenters. The molecule has 1 saturated heterocycles. The number of fused-ring (bicyclic) bond motifs is 2. The maximum atomic E-state index is 13.3. The Balaban J connectivity index is 1.16. The average Bonchev–Trinajstić information content (AvgIpc) is 3.47. The summed E-state index contributed by atoms with van der Waals surface area (Å²) in [5.41, 5.74) is 3.85. The van der Waals surface area contributed by atoms with E-state index in [0.29, 0.717) is 54.0 Å². The first kappa shape index (κ1) is 25.7. The zero-order valence-corrected chi connectivity index (χ0v) is 22.2. The Labute approximate surface area is 231 Å². The molecule has 6 rings (SSSR count). The first-order chi connectivity index (χ1) is 19.0. The number of aliphatic hydroxyl groups excluding tert-OH is 1. The lowest BCUT2D eigenvalue weighted by molar-refractivity contribution is -0.124. The van der Waals surface area contributed by atoms with Gasteiger partial charge in [0.1, 0.15) is 6.54 Å². The van der Waals surface area contributed by atoms with E-state index in [2.05, 4.69) is 20.6 Å². The van der Waals surface area contributed by atoms with Crippen LogP contribution in [0, 0.1) is 0 Å². The molecular weight excluding hydrogens is 518 g/mol. The molecule has 0 bridgehead atoms. The van der Waals surface area contributed by atoms with Crippen LogP contribution in [0.5, 0.6) is 0 Å². The van der Waals surface area contributed by atoms with Gasteiger partial charge in [-0.1, -0.05) is 48.0 Å². The number of nitrogens with zero attached hydrogens (tertiary/aromatic N) is 3. The molecule has 2 amide bonds. The normalized spacial score (nSPS) is 20.6. The number of nitrogens with one attached hydrogen (secondary N) is 2. The van der Waals surface area contributed by atoms with Crippen molar-refractivity contribution in [1.82, 2.24) is 20.2 Å². The van der Waals surface area contributed by atoms with E-state index < -0.39 is 5.54 Å². The fraction of sp³-hybridized carbons (Fsp3) is 0.379. The number of amides is 2. The van der Waals surface area contributed by atoms with E-state index >= 15 is 0 Å². The Bertz CT molecular complexity index is 1430. The molecule has 1 unspecified atom stereocenters. The smallest absolute Gasteiger partial charge is 0.254 e. The van der Waals surface area contributed by atoms with Crippen LogP contribution in [0.2, 0.25) is 5.02 Å². The van der Waals surface area contributed by atoms with Gasteiger partial charge in [0.15, 0.2) is 0 Å². The number of halogens is 1. The van der Waals surface area contributed by atoms with Crippen LogP contribution in [0.3, 0.4) is 0 Å². The predicted molar refractivity (Wildman–Crippen MR) is 146 cm³/mol. The molecule has 2 aliphatic heterocycles. The summed E-state index contributed by atoms with van der Waals surface area (Å²) >= 11 is 6.46. The summed E-state index contributed by atoms with van der Waals surface area (Å²) in [6.45, 7) is 1.44. The minimum absolute atomic E-state index is 0.0970. The van der Waals surface area contributed by atoms with Gasteiger partial charge in [0, 0.05) is 36.9 Å². The number of carbonyl (C=O) groups excluding carboxylic acids is 2. The van der Waals surface area contributed by atoms with Crippen molar-refractivity contribution in [2.45, 2.75) is 43.8 Å². The lowest BCUT2D eigenvalue weighted by Crippen LogP contribution is -2.50. The molecule has 0 radical (unpaired) electrons. The molecule has 3 N–H and O–H groups in total. The van der Waals surface area contributed by atoms with E-state index in [0.717, 1.165) is 36.0 Å². The molecule has 10 heteroatoms. The molecule has 9 nitrogen and oxygen atoms in total. The van der Waals surface area contributed by atoms with Gasteiger partial charge in [-0.05, 0) is 48.4 Å². The summed E-state index contributed by atoms with van der Waals surface area (Å²) in [5.74, 6) is -0.0415. The SMILES string of the molecule is O=C(CN1Cc2ccc(-c3nc(NC4CCOCC4)ncc3Cl)cc2C1=O)NC1(CO)CCc2ccccc21. The molecule has 1 aliphatic carbocycles. The number of anilines is 1. The summed E-state index contributed by atoms with van der Waals surface area (Å²) in [5, 5.41) is 17.0. The van der Waals surface area contributed by atoms with E-state index in [9.17, 15) is 14.7 Å². The number of ether oxygens (including phenoxy) is 1. The van der Waals surface area contributed by atoms with Crippen LogP contribution in [-0.4, -0.2) is 64.2 Å². The Morgan fingerprint density at radius 3 is 2.82 bits per heavy atom. The number of aliphatic hydroxyl groups is 1. The van der Waals surface area contributed by atoms with E-state index in [4.69, 9.17) is 16.3 Å². The highest BCUT2D eigenvalue weighted by Crippen LogP contribution is 2.37. The molecule has 1 aromatic heterocycles. The second-order valence-electron chi connectivity index (χ2n) is 10.4. The van der Waals surface area contributed by atoms with E-state index in [1.54, 1.807) is 12.3 Å². The lowest BCUT2D eigenvalue weighted by atomic mass is 9.92. The van der Waals surface area contributed by atoms with Crippen LogP contribution in [0.25, 0.3) is 11.3 Å². The maximum Gasteiger partial charge on any atom is 0.254 e.